The summed E-state index contributed by atoms with van der Waals surface area (Å²) in [5.41, 5.74) is 2.32. The van der Waals surface area contributed by atoms with E-state index in [1.165, 1.54) is 12.1 Å². The van der Waals surface area contributed by atoms with Crippen molar-refractivity contribution in [2.24, 2.45) is 0 Å². The van der Waals surface area contributed by atoms with Gasteiger partial charge in [0, 0.05) is 18.5 Å². The number of benzene rings is 2. The van der Waals surface area contributed by atoms with Crippen LogP contribution in [-0.4, -0.2) is 35.9 Å². The molecule has 140 valence electrons. The number of pyridine rings is 1. The number of imidazole rings is 1. The maximum Gasteiger partial charge on any atom is 0.175 e. The van der Waals surface area contributed by atoms with Gasteiger partial charge in [-0.05, 0) is 42.5 Å². The number of H-pyrrole nitrogens is 1. The molecule has 2 aromatic heterocycles. The molecule has 4 aromatic rings. The number of nitrogens with one attached hydrogen (secondary N) is 1. The molecule has 0 saturated carbocycles. The van der Waals surface area contributed by atoms with E-state index in [1.54, 1.807) is 30.5 Å². The summed E-state index contributed by atoms with van der Waals surface area (Å²) in [4.78, 5) is 23.6. The van der Waals surface area contributed by atoms with Gasteiger partial charge in [-0.25, -0.2) is 13.4 Å². The van der Waals surface area contributed by atoms with Crippen molar-refractivity contribution in [3.05, 3.63) is 66.4 Å². The Kier molecular flexibility index (Phi) is 4.40. The number of rotatable bonds is 5. The predicted molar refractivity (Wildman–Crippen MR) is 104 cm³/mol. The zero-order valence-electron chi connectivity index (χ0n) is 14.8. The number of fused-ring (bicyclic) bond motifs is 1. The summed E-state index contributed by atoms with van der Waals surface area (Å²) in [6.45, 7) is 0. The van der Waals surface area contributed by atoms with Crippen molar-refractivity contribution < 1.29 is 17.9 Å². The lowest BCUT2D eigenvalue weighted by molar-refractivity contribution is 0.112. The van der Waals surface area contributed by atoms with Gasteiger partial charge in [0.1, 0.15) is 17.2 Å². The lowest BCUT2D eigenvalue weighted by atomic mass is 10.2. The lowest BCUT2D eigenvalue weighted by Gasteiger charge is -2.08. The van der Waals surface area contributed by atoms with Gasteiger partial charge in [0.2, 0.25) is 0 Å². The molecule has 0 aliphatic heterocycles. The fraction of sp³-hybridized carbons (Fsp3) is 0.0500. The molecule has 1 N–H and O–H groups in total. The van der Waals surface area contributed by atoms with Crippen LogP contribution in [0.3, 0.4) is 0 Å². The van der Waals surface area contributed by atoms with Crippen LogP contribution in [0, 0.1) is 0 Å². The second kappa shape index (κ2) is 6.90. The summed E-state index contributed by atoms with van der Waals surface area (Å²) in [5, 5.41) is 0. The van der Waals surface area contributed by atoms with E-state index in [0.29, 0.717) is 45.9 Å². The van der Waals surface area contributed by atoms with Crippen LogP contribution in [0.25, 0.3) is 22.6 Å². The highest BCUT2D eigenvalue weighted by Gasteiger charge is 2.13. The summed E-state index contributed by atoms with van der Waals surface area (Å²) in [6.07, 6.45) is 3.50. The van der Waals surface area contributed by atoms with E-state index < -0.39 is 9.84 Å². The van der Waals surface area contributed by atoms with Crippen LogP contribution < -0.4 is 4.74 Å². The smallest absolute Gasteiger partial charge is 0.175 e. The Hall–Kier alpha value is -3.52. The van der Waals surface area contributed by atoms with Crippen LogP contribution in [0.15, 0.2) is 65.7 Å². The van der Waals surface area contributed by atoms with Gasteiger partial charge in [0.25, 0.3) is 0 Å². The Morgan fingerprint density at radius 3 is 2.50 bits per heavy atom. The Morgan fingerprint density at radius 1 is 1.07 bits per heavy atom. The molecule has 0 unspecified atom stereocenters. The van der Waals surface area contributed by atoms with Crippen LogP contribution in [0.2, 0.25) is 0 Å². The van der Waals surface area contributed by atoms with E-state index in [-0.39, 0.29) is 4.90 Å². The lowest BCUT2D eigenvalue weighted by Crippen LogP contribution is -1.97. The largest absolute Gasteiger partial charge is 0.457 e. The topological polar surface area (TPSA) is 102 Å². The molecule has 0 saturated heterocycles. The number of hydrogen-bond donors (Lipinski definition) is 1. The number of ether oxygens (including phenoxy) is 1. The van der Waals surface area contributed by atoms with E-state index in [0.717, 1.165) is 6.26 Å². The maximum absolute atomic E-state index is 11.6. The molecular formula is C20H15N3O4S. The maximum atomic E-state index is 11.6. The van der Waals surface area contributed by atoms with Gasteiger partial charge in [0.15, 0.2) is 21.9 Å². The van der Waals surface area contributed by atoms with Gasteiger partial charge in [-0.3, -0.25) is 9.78 Å². The first kappa shape index (κ1) is 17.9. The van der Waals surface area contributed by atoms with E-state index in [1.807, 2.05) is 18.2 Å². The summed E-state index contributed by atoms with van der Waals surface area (Å²) in [5.74, 6) is 1.34. The van der Waals surface area contributed by atoms with Gasteiger partial charge in [-0.1, -0.05) is 6.07 Å². The number of aldehydes is 1. The Labute approximate surface area is 161 Å². The molecule has 0 bridgehead atoms. The highest BCUT2D eigenvalue weighted by Crippen LogP contribution is 2.30. The number of sulfone groups is 1. The Morgan fingerprint density at radius 2 is 1.86 bits per heavy atom. The van der Waals surface area contributed by atoms with Gasteiger partial charge < -0.3 is 9.72 Å². The molecule has 2 heterocycles. The highest BCUT2D eigenvalue weighted by molar-refractivity contribution is 7.90. The van der Waals surface area contributed by atoms with Crippen molar-refractivity contribution in [2.75, 3.05) is 6.26 Å². The normalized spacial score (nSPS) is 11.5. The molecule has 0 spiro atoms. The Balaban J connectivity index is 1.71. The van der Waals surface area contributed by atoms with E-state index in [2.05, 4.69) is 15.0 Å². The molecule has 0 aliphatic rings. The van der Waals surface area contributed by atoms with Crippen molar-refractivity contribution in [3.8, 4) is 23.0 Å². The third-order valence-corrected chi connectivity index (χ3v) is 5.26. The molecule has 7 nitrogen and oxygen atoms in total. The summed E-state index contributed by atoms with van der Waals surface area (Å²) in [7, 11) is -3.29. The number of hydrogen-bond acceptors (Lipinski definition) is 6. The van der Waals surface area contributed by atoms with Crippen molar-refractivity contribution in [2.45, 2.75) is 4.90 Å². The molecule has 0 atom stereocenters. The molecule has 0 fully saturated rings. The number of aromatic nitrogens is 3. The van der Waals surface area contributed by atoms with Crippen LogP contribution in [0.4, 0.5) is 0 Å². The third kappa shape index (κ3) is 3.49. The molecule has 2 aromatic carbocycles. The Bertz CT molecular complexity index is 1260. The fourth-order valence-electron chi connectivity index (χ4n) is 2.74. The van der Waals surface area contributed by atoms with Gasteiger partial charge >= 0.3 is 0 Å². The summed E-state index contributed by atoms with van der Waals surface area (Å²) >= 11 is 0. The molecular weight excluding hydrogens is 378 g/mol. The van der Waals surface area contributed by atoms with Crippen molar-refractivity contribution in [1.29, 1.82) is 0 Å². The number of carbonyl (C=O) groups excluding carboxylic acids is 1. The quantitative estimate of drug-likeness (QED) is 0.520. The first-order valence-corrected chi connectivity index (χ1v) is 10.2. The second-order valence-electron chi connectivity index (χ2n) is 6.17. The zero-order valence-corrected chi connectivity index (χ0v) is 15.6. The van der Waals surface area contributed by atoms with E-state index in [9.17, 15) is 13.2 Å². The second-order valence-corrected chi connectivity index (χ2v) is 8.19. The first-order valence-electron chi connectivity index (χ1n) is 8.32. The van der Waals surface area contributed by atoms with Crippen molar-refractivity contribution in [1.82, 2.24) is 15.0 Å². The van der Waals surface area contributed by atoms with E-state index in [4.69, 9.17) is 4.74 Å². The van der Waals surface area contributed by atoms with Gasteiger partial charge in [-0.15, -0.1) is 0 Å². The standard InChI is InChI=1S/C20H15N3O4S/c1-28(25,26)15-7-5-14(6-8-15)27-19-11-18-17(10-13(19)12-24)22-20(23-18)16-4-2-3-9-21-16/h2-12H,1H3,(H,22,23). The SMILES string of the molecule is CS(=O)(=O)c1ccc(Oc2cc3[nH]c(-c4ccccn4)nc3cc2C=O)cc1. The number of aromatic amines is 1. The molecule has 4 rings (SSSR count). The molecule has 8 heteroatoms. The van der Waals surface area contributed by atoms with Gasteiger partial charge in [-0.2, -0.15) is 0 Å². The minimum atomic E-state index is -3.29. The molecule has 28 heavy (non-hydrogen) atoms. The number of nitrogens with zero attached hydrogens (tertiary/aromatic N) is 2. The monoisotopic (exact) mass is 393 g/mol. The minimum absolute atomic E-state index is 0.194. The van der Waals surface area contributed by atoms with Crippen LogP contribution in [-0.2, 0) is 9.84 Å². The average molecular weight is 393 g/mol. The molecule has 0 aliphatic carbocycles. The van der Waals surface area contributed by atoms with Crippen LogP contribution in [0.5, 0.6) is 11.5 Å². The summed E-state index contributed by atoms with van der Waals surface area (Å²) in [6, 6.07) is 14.8. The average Bonchev–Trinajstić information content (AvgIpc) is 3.10. The van der Waals surface area contributed by atoms with E-state index >= 15 is 0 Å². The highest BCUT2D eigenvalue weighted by atomic mass is 32.2. The van der Waals surface area contributed by atoms with Crippen LogP contribution in [0.1, 0.15) is 10.4 Å². The van der Waals surface area contributed by atoms with Crippen molar-refractivity contribution in [3.63, 3.8) is 0 Å². The first-order chi connectivity index (χ1) is 13.4. The fourth-order valence-corrected chi connectivity index (χ4v) is 3.37. The van der Waals surface area contributed by atoms with Crippen molar-refractivity contribution >= 4 is 27.2 Å². The molecule has 0 amide bonds. The molecule has 0 radical (unpaired) electrons. The minimum Gasteiger partial charge on any atom is -0.457 e. The van der Waals surface area contributed by atoms with Gasteiger partial charge in [0.05, 0.1) is 21.5 Å². The van der Waals surface area contributed by atoms with Crippen LogP contribution >= 0.6 is 0 Å². The zero-order chi connectivity index (χ0) is 19.7. The third-order valence-electron chi connectivity index (χ3n) is 4.13. The summed E-state index contributed by atoms with van der Waals surface area (Å²) < 4.78 is 28.9. The number of carbonyl (C=O) groups is 1. The predicted octanol–water partition coefficient (Wildman–Crippen LogP) is 3.63.